The van der Waals surface area contributed by atoms with Crippen molar-refractivity contribution >= 4 is 62.9 Å². The first-order valence-electron chi connectivity index (χ1n) is 7.17. The molecule has 0 unspecified atom stereocenters. The molecule has 0 aliphatic carbocycles. The highest BCUT2D eigenvalue weighted by Gasteiger charge is 2.13. The van der Waals surface area contributed by atoms with Gasteiger partial charge in [0.05, 0.1) is 44.3 Å². The van der Waals surface area contributed by atoms with Gasteiger partial charge in [-0.3, -0.25) is 4.40 Å². The highest BCUT2D eigenvalue weighted by Crippen LogP contribution is 2.33. The van der Waals surface area contributed by atoms with Crippen LogP contribution in [0.4, 0.5) is 11.5 Å². The molecule has 0 amide bonds. The number of rotatable bonds is 2. The van der Waals surface area contributed by atoms with Gasteiger partial charge in [0.2, 0.25) is 0 Å². The Morgan fingerprint density at radius 3 is 2.58 bits per heavy atom. The zero-order chi connectivity index (χ0) is 16.8. The van der Waals surface area contributed by atoms with Crippen molar-refractivity contribution in [3.05, 3.63) is 63.5 Å². The lowest BCUT2D eigenvalue weighted by Gasteiger charge is -2.13. The number of benzene rings is 2. The van der Waals surface area contributed by atoms with Crippen molar-refractivity contribution in [3.8, 4) is 0 Å². The second-order valence-corrected chi connectivity index (χ2v) is 6.64. The molecule has 120 valence electrons. The van der Waals surface area contributed by atoms with Gasteiger partial charge >= 0.3 is 0 Å². The summed E-state index contributed by atoms with van der Waals surface area (Å²) in [6.45, 7) is 1.99. The lowest BCUT2D eigenvalue weighted by Crippen LogP contribution is -2.01. The van der Waals surface area contributed by atoms with E-state index in [1.807, 2.05) is 29.5 Å². The zero-order valence-electron chi connectivity index (χ0n) is 12.5. The van der Waals surface area contributed by atoms with E-state index in [1.165, 1.54) is 0 Å². The Morgan fingerprint density at radius 2 is 1.79 bits per heavy atom. The summed E-state index contributed by atoms with van der Waals surface area (Å²) in [5.41, 5.74) is 4.20. The van der Waals surface area contributed by atoms with Crippen LogP contribution in [0.2, 0.25) is 15.1 Å². The van der Waals surface area contributed by atoms with E-state index in [0.717, 1.165) is 22.3 Å². The minimum atomic E-state index is 0.455. The van der Waals surface area contributed by atoms with Crippen molar-refractivity contribution in [1.82, 2.24) is 14.4 Å². The van der Waals surface area contributed by atoms with Crippen LogP contribution in [0, 0.1) is 6.92 Å². The van der Waals surface area contributed by atoms with Crippen LogP contribution in [0.15, 0.2) is 42.9 Å². The van der Waals surface area contributed by atoms with E-state index in [1.54, 1.807) is 24.7 Å². The molecule has 2 heterocycles. The van der Waals surface area contributed by atoms with Crippen LogP contribution in [-0.2, 0) is 0 Å². The van der Waals surface area contributed by atoms with E-state index in [2.05, 4.69) is 15.3 Å². The molecule has 2 aromatic carbocycles. The molecule has 24 heavy (non-hydrogen) atoms. The zero-order valence-corrected chi connectivity index (χ0v) is 14.8. The molecule has 0 aliphatic rings. The van der Waals surface area contributed by atoms with Gasteiger partial charge in [0, 0.05) is 0 Å². The van der Waals surface area contributed by atoms with Gasteiger partial charge in [0.1, 0.15) is 5.52 Å². The number of nitrogens with zero attached hydrogens (tertiary/aromatic N) is 3. The first-order valence-corrected chi connectivity index (χ1v) is 8.31. The van der Waals surface area contributed by atoms with Crippen LogP contribution in [0.25, 0.3) is 16.6 Å². The Bertz CT molecular complexity index is 1070. The van der Waals surface area contributed by atoms with Crippen LogP contribution < -0.4 is 5.32 Å². The van der Waals surface area contributed by atoms with E-state index in [4.69, 9.17) is 34.8 Å². The summed E-state index contributed by atoms with van der Waals surface area (Å²) in [6, 6.07) is 9.25. The number of aromatic nitrogens is 3. The number of hydrogen-bond acceptors (Lipinski definition) is 3. The highest BCUT2D eigenvalue weighted by molar-refractivity contribution is 6.42. The predicted molar refractivity (Wildman–Crippen MR) is 100.0 cm³/mol. The maximum Gasteiger partial charge on any atom is 0.157 e. The van der Waals surface area contributed by atoms with Crippen molar-refractivity contribution in [2.45, 2.75) is 6.92 Å². The monoisotopic (exact) mass is 376 g/mol. The average Bonchev–Trinajstić information content (AvgIpc) is 3.03. The molecule has 4 nitrogen and oxygen atoms in total. The van der Waals surface area contributed by atoms with Gasteiger partial charge in [0.15, 0.2) is 5.82 Å². The Balaban J connectivity index is 1.97. The van der Waals surface area contributed by atoms with Crippen LogP contribution >= 0.6 is 34.8 Å². The lowest BCUT2D eigenvalue weighted by atomic mass is 10.2. The fraction of sp³-hybridized carbons (Fsp3) is 0.0588. The summed E-state index contributed by atoms with van der Waals surface area (Å²) in [7, 11) is 0. The van der Waals surface area contributed by atoms with Gasteiger partial charge in [-0.2, -0.15) is 0 Å². The molecule has 1 N–H and O–H groups in total. The van der Waals surface area contributed by atoms with Crippen LogP contribution in [0.5, 0.6) is 0 Å². The average molecular weight is 378 g/mol. The summed E-state index contributed by atoms with van der Waals surface area (Å²) in [4.78, 5) is 8.91. The fourth-order valence-electron chi connectivity index (χ4n) is 2.65. The molecule has 4 rings (SSSR count). The number of fused-ring (bicyclic) bond motifs is 3. The molecule has 4 aromatic rings. The lowest BCUT2D eigenvalue weighted by molar-refractivity contribution is 1.19. The van der Waals surface area contributed by atoms with Crippen molar-refractivity contribution in [3.63, 3.8) is 0 Å². The van der Waals surface area contributed by atoms with Crippen molar-refractivity contribution in [1.29, 1.82) is 0 Å². The van der Waals surface area contributed by atoms with Gasteiger partial charge in [-0.05, 0) is 30.7 Å². The first-order chi connectivity index (χ1) is 11.5. The molecule has 7 heteroatoms. The standard InChI is InChI=1S/C17H11Cl3N4/c1-9-3-2-4-10(18)16(9)23-17-15-7-21-8-24(15)14-6-12(20)11(19)5-13(14)22-17/h2-8H,1H3,(H,22,23). The summed E-state index contributed by atoms with van der Waals surface area (Å²) in [5, 5.41) is 4.87. The summed E-state index contributed by atoms with van der Waals surface area (Å²) < 4.78 is 1.92. The molecule has 0 aliphatic heterocycles. The number of aryl methyl sites for hydroxylation is 1. The second kappa shape index (κ2) is 5.81. The summed E-state index contributed by atoms with van der Waals surface area (Å²) in [5.74, 6) is 0.648. The Labute approximate surface area is 153 Å². The van der Waals surface area contributed by atoms with Gasteiger partial charge in [0.25, 0.3) is 0 Å². The van der Waals surface area contributed by atoms with E-state index in [9.17, 15) is 0 Å². The van der Waals surface area contributed by atoms with Crippen molar-refractivity contribution in [2.75, 3.05) is 5.32 Å². The van der Waals surface area contributed by atoms with E-state index >= 15 is 0 Å². The third-order valence-electron chi connectivity index (χ3n) is 3.86. The largest absolute Gasteiger partial charge is 0.337 e. The molecule has 0 atom stereocenters. The molecular weight excluding hydrogens is 367 g/mol. The molecule has 0 saturated carbocycles. The van der Waals surface area contributed by atoms with Gasteiger partial charge in [-0.1, -0.05) is 46.9 Å². The summed E-state index contributed by atoms with van der Waals surface area (Å²) >= 11 is 18.6. The highest BCUT2D eigenvalue weighted by atomic mass is 35.5. The quantitative estimate of drug-likeness (QED) is 0.473. The fourth-order valence-corrected chi connectivity index (χ4v) is 3.23. The molecule has 0 fully saturated rings. The van der Waals surface area contributed by atoms with E-state index < -0.39 is 0 Å². The molecule has 0 spiro atoms. The van der Waals surface area contributed by atoms with Crippen LogP contribution in [-0.4, -0.2) is 14.4 Å². The van der Waals surface area contributed by atoms with Gasteiger partial charge < -0.3 is 5.32 Å². The molecule has 0 bridgehead atoms. The predicted octanol–water partition coefficient (Wildman–Crippen LogP) is 5.89. The number of imidazole rings is 1. The maximum atomic E-state index is 6.32. The maximum absolute atomic E-state index is 6.32. The first kappa shape index (κ1) is 15.5. The van der Waals surface area contributed by atoms with Crippen LogP contribution in [0.3, 0.4) is 0 Å². The van der Waals surface area contributed by atoms with E-state index in [0.29, 0.717) is 26.4 Å². The molecular formula is C17H11Cl3N4. The van der Waals surface area contributed by atoms with Gasteiger partial charge in [-0.15, -0.1) is 0 Å². The molecule has 2 aromatic heterocycles. The number of halogens is 3. The third kappa shape index (κ3) is 2.47. The Kier molecular flexibility index (Phi) is 3.76. The van der Waals surface area contributed by atoms with Crippen molar-refractivity contribution < 1.29 is 0 Å². The normalized spacial score (nSPS) is 11.3. The van der Waals surface area contributed by atoms with Gasteiger partial charge in [-0.25, -0.2) is 9.97 Å². The SMILES string of the molecule is Cc1cccc(Cl)c1Nc1nc2cc(Cl)c(Cl)cc2n2cncc12. The minimum Gasteiger partial charge on any atom is -0.337 e. The molecule has 0 saturated heterocycles. The Morgan fingerprint density at radius 1 is 1.00 bits per heavy atom. The third-order valence-corrected chi connectivity index (χ3v) is 4.89. The van der Waals surface area contributed by atoms with Crippen LogP contribution in [0.1, 0.15) is 5.56 Å². The number of para-hydroxylation sites is 1. The smallest absolute Gasteiger partial charge is 0.157 e. The van der Waals surface area contributed by atoms with E-state index in [-0.39, 0.29) is 0 Å². The Hall–Kier alpha value is -2.01. The second-order valence-electron chi connectivity index (χ2n) is 5.42. The number of anilines is 2. The summed E-state index contributed by atoms with van der Waals surface area (Å²) in [6.07, 6.45) is 3.46. The minimum absolute atomic E-state index is 0.455. The molecule has 0 radical (unpaired) electrons. The number of nitrogens with one attached hydrogen (secondary N) is 1. The number of hydrogen-bond donors (Lipinski definition) is 1. The topological polar surface area (TPSA) is 42.2 Å². The van der Waals surface area contributed by atoms with Crippen molar-refractivity contribution in [2.24, 2.45) is 0 Å².